The van der Waals surface area contributed by atoms with E-state index in [-0.39, 0.29) is 24.0 Å². The van der Waals surface area contributed by atoms with Crippen LogP contribution in [0.2, 0.25) is 0 Å². The number of nitrogens with one attached hydrogen (secondary N) is 2. The highest BCUT2D eigenvalue weighted by Gasteiger charge is 2.06. The Balaban J connectivity index is 0.00000341. The normalized spacial score (nSPS) is 11.1. The lowest BCUT2D eigenvalue weighted by molar-refractivity contribution is 0.472. The minimum Gasteiger partial charge on any atom is -0.469 e. The maximum Gasteiger partial charge on any atom is 0.216 e. The molecule has 0 unspecified atom stereocenters. The Labute approximate surface area is 201 Å². The zero-order valence-corrected chi connectivity index (χ0v) is 20.8. The first kappa shape index (κ1) is 24.8. The highest BCUT2D eigenvalue weighted by Crippen LogP contribution is 2.11. The molecule has 31 heavy (non-hydrogen) atoms. The van der Waals surface area contributed by atoms with Gasteiger partial charge in [-0.1, -0.05) is 18.2 Å². The summed E-state index contributed by atoms with van der Waals surface area (Å²) in [5.41, 5.74) is 2.13. The van der Waals surface area contributed by atoms with Gasteiger partial charge < -0.3 is 24.4 Å². The number of rotatable bonds is 10. The molecular weight excluding hydrogens is 505 g/mol. The Morgan fingerprint density at radius 3 is 2.52 bits per heavy atom. The van der Waals surface area contributed by atoms with Crippen molar-refractivity contribution in [1.29, 1.82) is 0 Å². The second-order valence-electron chi connectivity index (χ2n) is 7.21. The first-order valence-electron chi connectivity index (χ1n) is 10.4. The Kier molecular flexibility index (Phi) is 10.4. The summed E-state index contributed by atoms with van der Waals surface area (Å²) in [4.78, 5) is 11.3. The van der Waals surface area contributed by atoms with E-state index < -0.39 is 0 Å². The molecule has 0 saturated heterocycles. The van der Waals surface area contributed by atoms with Gasteiger partial charge in [0.25, 0.3) is 0 Å². The van der Waals surface area contributed by atoms with Crippen molar-refractivity contribution in [3.63, 3.8) is 0 Å². The van der Waals surface area contributed by atoms with Gasteiger partial charge in [0.15, 0.2) is 5.96 Å². The van der Waals surface area contributed by atoms with Crippen LogP contribution in [0.4, 0.5) is 5.69 Å². The molecule has 8 heteroatoms. The molecule has 3 aromatic rings. The molecule has 2 aromatic heterocycles. The van der Waals surface area contributed by atoms with Crippen molar-refractivity contribution in [2.24, 2.45) is 4.99 Å². The van der Waals surface area contributed by atoms with E-state index in [9.17, 15) is 0 Å². The van der Waals surface area contributed by atoms with Crippen molar-refractivity contribution in [2.75, 3.05) is 31.6 Å². The van der Waals surface area contributed by atoms with Gasteiger partial charge >= 0.3 is 0 Å². The average Bonchev–Trinajstić information content (AvgIpc) is 3.39. The second kappa shape index (κ2) is 13.0. The van der Waals surface area contributed by atoms with Gasteiger partial charge in [0.2, 0.25) is 5.89 Å². The molecule has 0 aliphatic carbocycles. The molecule has 1 aromatic carbocycles. The van der Waals surface area contributed by atoms with Crippen molar-refractivity contribution >= 4 is 35.6 Å². The Morgan fingerprint density at radius 2 is 1.84 bits per heavy atom. The number of hydrogen-bond acceptors (Lipinski definition) is 5. The number of para-hydroxylation sites is 1. The smallest absolute Gasteiger partial charge is 0.216 e. The van der Waals surface area contributed by atoms with Gasteiger partial charge in [-0.25, -0.2) is 9.98 Å². The fourth-order valence-corrected chi connectivity index (χ4v) is 3.02. The van der Waals surface area contributed by atoms with Gasteiger partial charge in [-0.2, -0.15) is 0 Å². The van der Waals surface area contributed by atoms with Crippen molar-refractivity contribution in [2.45, 2.75) is 33.2 Å². The van der Waals surface area contributed by atoms with E-state index in [1.165, 1.54) is 5.69 Å². The largest absolute Gasteiger partial charge is 0.469 e. The molecule has 0 fully saturated rings. The van der Waals surface area contributed by atoms with E-state index in [0.29, 0.717) is 12.4 Å². The third kappa shape index (κ3) is 8.28. The number of anilines is 1. The summed E-state index contributed by atoms with van der Waals surface area (Å²) >= 11 is 0. The maximum atomic E-state index is 5.64. The number of guanidine groups is 1. The van der Waals surface area contributed by atoms with Gasteiger partial charge in [-0.3, -0.25) is 0 Å². The van der Waals surface area contributed by atoms with Crippen LogP contribution in [0.25, 0.3) is 0 Å². The highest BCUT2D eigenvalue weighted by molar-refractivity contribution is 14.0. The summed E-state index contributed by atoms with van der Waals surface area (Å²) in [6, 6.07) is 14.3. The number of benzene rings is 1. The summed E-state index contributed by atoms with van der Waals surface area (Å²) in [5, 5.41) is 6.78. The standard InChI is InChI=1S/C23H31N5O2.HI/c1-18-19(2)30-22(27-18)17-26-23(25-14-12-21-11-7-16-29-21)24-13-8-15-28(3)20-9-5-4-6-10-20;/h4-7,9-11,16H,8,12-15,17H2,1-3H3,(H2,24,25,26);1H. The fraction of sp³-hybridized carbons (Fsp3) is 0.391. The third-order valence-corrected chi connectivity index (χ3v) is 4.85. The molecule has 0 amide bonds. The Morgan fingerprint density at radius 1 is 1.06 bits per heavy atom. The summed E-state index contributed by atoms with van der Waals surface area (Å²) < 4.78 is 11.0. The van der Waals surface area contributed by atoms with Crippen LogP contribution in [-0.2, 0) is 13.0 Å². The van der Waals surface area contributed by atoms with E-state index in [4.69, 9.17) is 8.83 Å². The molecule has 2 heterocycles. The number of halogens is 1. The first-order chi connectivity index (χ1) is 14.6. The predicted molar refractivity (Wildman–Crippen MR) is 135 cm³/mol. The zero-order valence-electron chi connectivity index (χ0n) is 18.4. The van der Waals surface area contributed by atoms with Crippen LogP contribution >= 0.6 is 24.0 Å². The molecule has 0 bridgehead atoms. The van der Waals surface area contributed by atoms with Gasteiger partial charge in [0.1, 0.15) is 18.1 Å². The minimum atomic E-state index is 0. The van der Waals surface area contributed by atoms with E-state index in [0.717, 1.165) is 55.6 Å². The van der Waals surface area contributed by atoms with E-state index in [1.807, 2.05) is 32.0 Å². The van der Waals surface area contributed by atoms with Crippen LogP contribution in [0.15, 0.2) is 62.6 Å². The molecule has 0 aliphatic rings. The first-order valence-corrected chi connectivity index (χ1v) is 10.4. The van der Waals surface area contributed by atoms with Crippen molar-refractivity contribution in [1.82, 2.24) is 15.6 Å². The fourth-order valence-electron chi connectivity index (χ4n) is 3.02. The number of aryl methyl sites for hydroxylation is 2. The quantitative estimate of drug-likeness (QED) is 0.174. The van der Waals surface area contributed by atoms with Crippen LogP contribution in [0.1, 0.15) is 29.5 Å². The van der Waals surface area contributed by atoms with Crippen LogP contribution < -0.4 is 15.5 Å². The van der Waals surface area contributed by atoms with E-state index in [2.05, 4.69) is 56.8 Å². The topological polar surface area (TPSA) is 78.8 Å². The number of oxazole rings is 1. The monoisotopic (exact) mass is 537 g/mol. The van der Waals surface area contributed by atoms with Gasteiger partial charge in [0.05, 0.1) is 12.0 Å². The number of aromatic nitrogens is 1. The van der Waals surface area contributed by atoms with Gasteiger partial charge in [-0.05, 0) is 44.5 Å². The van der Waals surface area contributed by atoms with Crippen molar-refractivity contribution in [3.8, 4) is 0 Å². The molecule has 7 nitrogen and oxygen atoms in total. The lowest BCUT2D eigenvalue weighted by Crippen LogP contribution is -2.39. The molecule has 0 spiro atoms. The molecular formula is C23H32IN5O2. The molecule has 2 N–H and O–H groups in total. The summed E-state index contributed by atoms with van der Waals surface area (Å²) in [5.74, 6) is 3.16. The van der Waals surface area contributed by atoms with Crippen LogP contribution in [0.5, 0.6) is 0 Å². The predicted octanol–water partition coefficient (Wildman–Crippen LogP) is 4.31. The maximum absolute atomic E-state index is 5.64. The third-order valence-electron chi connectivity index (χ3n) is 4.85. The number of aliphatic imine (C=N–C) groups is 1. The SMILES string of the molecule is Cc1nc(CN=C(NCCCN(C)c2ccccc2)NCCc2ccco2)oc1C.I. The van der Waals surface area contributed by atoms with E-state index >= 15 is 0 Å². The van der Waals surface area contributed by atoms with Crippen LogP contribution in [0, 0.1) is 13.8 Å². The number of furan rings is 1. The minimum absolute atomic E-state index is 0. The zero-order chi connectivity index (χ0) is 21.2. The lowest BCUT2D eigenvalue weighted by Gasteiger charge is -2.19. The molecule has 0 aliphatic heterocycles. The second-order valence-corrected chi connectivity index (χ2v) is 7.21. The number of hydrogen-bond donors (Lipinski definition) is 2. The van der Waals surface area contributed by atoms with Crippen molar-refractivity contribution in [3.05, 3.63) is 71.8 Å². The average molecular weight is 537 g/mol. The van der Waals surface area contributed by atoms with E-state index in [1.54, 1.807) is 6.26 Å². The lowest BCUT2D eigenvalue weighted by atomic mass is 10.3. The summed E-state index contributed by atoms with van der Waals surface area (Å²) in [7, 11) is 2.11. The summed E-state index contributed by atoms with van der Waals surface area (Å²) in [6.07, 6.45) is 3.47. The molecule has 0 atom stereocenters. The highest BCUT2D eigenvalue weighted by atomic mass is 127. The molecule has 0 radical (unpaired) electrons. The summed E-state index contributed by atoms with van der Waals surface area (Å²) in [6.45, 7) is 6.75. The Hall–Kier alpha value is -2.49. The van der Waals surface area contributed by atoms with Crippen LogP contribution in [0.3, 0.4) is 0 Å². The van der Waals surface area contributed by atoms with Crippen molar-refractivity contribution < 1.29 is 8.83 Å². The van der Waals surface area contributed by atoms with Gasteiger partial charge in [0, 0.05) is 38.8 Å². The number of nitrogens with zero attached hydrogens (tertiary/aromatic N) is 3. The molecule has 168 valence electrons. The van der Waals surface area contributed by atoms with Crippen LogP contribution in [-0.4, -0.2) is 37.6 Å². The van der Waals surface area contributed by atoms with Gasteiger partial charge in [-0.15, -0.1) is 24.0 Å². The molecule has 0 saturated carbocycles. The Bertz CT molecular complexity index is 890. The molecule has 3 rings (SSSR count).